The third-order valence-electron chi connectivity index (χ3n) is 30.6. The van der Waals surface area contributed by atoms with E-state index < -0.39 is 0 Å². The maximum atomic E-state index is 2.51. The molecule has 10 aliphatic carbocycles. The van der Waals surface area contributed by atoms with Gasteiger partial charge < -0.3 is 9.80 Å². The van der Waals surface area contributed by atoms with Gasteiger partial charge in [0.2, 0.25) is 0 Å². The van der Waals surface area contributed by atoms with Crippen molar-refractivity contribution >= 4 is 34.1 Å². The number of nitrogens with zero attached hydrogens (tertiary/aromatic N) is 2. The minimum absolute atomic E-state index is 0.187. The normalized spacial score (nSPS) is 21.5. The largest absolute Gasteiger partial charge is 0.311 e. The third-order valence-corrected chi connectivity index (χ3v) is 30.6. The van der Waals surface area contributed by atoms with Crippen LogP contribution in [0.25, 0.3) is 122 Å². The number of benzene rings is 17. The summed E-state index contributed by atoms with van der Waals surface area (Å²) in [5.41, 5.74) is 42.0. The Kier molecular flexibility index (Phi) is 18.4. The van der Waals surface area contributed by atoms with Gasteiger partial charge in [-0.3, -0.25) is 0 Å². The van der Waals surface area contributed by atoms with E-state index in [2.05, 4.69) is 434 Å². The van der Waals surface area contributed by atoms with E-state index in [9.17, 15) is 0 Å². The smallest absolute Gasteiger partial charge is 0.0540 e. The van der Waals surface area contributed by atoms with Gasteiger partial charge in [-0.1, -0.05) is 352 Å². The second kappa shape index (κ2) is 30.7. The highest BCUT2D eigenvalue weighted by molar-refractivity contribution is 5.97. The summed E-state index contributed by atoms with van der Waals surface area (Å²) in [6, 6.07) is 158. The molecular weight excluding hydrogens is 1490 g/mol. The molecule has 8 fully saturated rings. The summed E-state index contributed by atoms with van der Waals surface area (Å²) in [6.45, 7) is 0. The number of para-hydroxylation sites is 1. The number of rotatable bonds is 15. The van der Waals surface area contributed by atoms with Gasteiger partial charge in [0.05, 0.1) is 5.69 Å². The van der Waals surface area contributed by atoms with Crippen molar-refractivity contribution in [2.45, 2.75) is 75.0 Å². The highest BCUT2D eigenvalue weighted by Crippen LogP contribution is 2.72. The molecule has 124 heavy (non-hydrogen) atoms. The monoisotopic (exact) mass is 1590 g/mol. The summed E-state index contributed by atoms with van der Waals surface area (Å²) >= 11 is 0. The number of fused-ring (bicyclic) bond motifs is 6. The van der Waals surface area contributed by atoms with Crippen LogP contribution in [-0.4, -0.2) is 0 Å². The SMILES string of the molecule is c1ccc(-c2ccc(-c3ccc(N(c4ccc(-c5ccccc5)cc4)c4ccc(-c5ccc(-c6cccc7c6-c6ccccc6C76C7CC8CC(C7)CC6C8)cc5)cc4)cc3)cc2)cc1.c1ccc(-c2ccc(N(c3ccccc3)c3ccc(-c4ccc(-c5cccc6c5-c5ccccc5C65C6CC7CC(C6)CC5C7)cc4)cc3)c(-c3ccccc3)c2)cc1. The molecular formula is C122H98N2. The minimum Gasteiger partial charge on any atom is -0.311 e. The molecule has 0 aliphatic heterocycles. The topological polar surface area (TPSA) is 6.48 Å². The molecule has 17 aromatic rings. The lowest BCUT2D eigenvalue weighted by Gasteiger charge is -2.61. The summed E-state index contributed by atoms with van der Waals surface area (Å²) < 4.78 is 0. The molecule has 0 unspecified atom stereocenters. The van der Waals surface area contributed by atoms with E-state index in [1.54, 1.807) is 22.3 Å². The Morgan fingerprint density at radius 1 is 0.161 bits per heavy atom. The average Bonchev–Trinajstić information content (AvgIpc) is 1.51. The van der Waals surface area contributed by atoms with E-state index >= 15 is 0 Å². The summed E-state index contributed by atoms with van der Waals surface area (Å²) in [5.74, 6) is 6.88. The fraction of sp³-hybridized carbons (Fsp3) is 0.164. The molecule has 8 bridgehead atoms. The highest BCUT2D eigenvalue weighted by atomic mass is 15.1. The quantitative estimate of drug-likeness (QED) is 0.101. The van der Waals surface area contributed by atoms with Crippen molar-refractivity contribution in [3.8, 4) is 122 Å². The lowest BCUT2D eigenvalue weighted by molar-refractivity contribution is -0.0399. The summed E-state index contributed by atoms with van der Waals surface area (Å²) in [4.78, 5) is 4.77. The second-order valence-electron chi connectivity index (χ2n) is 37.0. The molecule has 27 rings (SSSR count). The second-order valence-corrected chi connectivity index (χ2v) is 37.0. The van der Waals surface area contributed by atoms with Gasteiger partial charge in [-0.05, 0) is 323 Å². The van der Waals surface area contributed by atoms with Crippen LogP contribution in [-0.2, 0) is 10.8 Å². The van der Waals surface area contributed by atoms with Crippen LogP contribution in [0, 0.1) is 47.3 Å². The molecule has 0 N–H and O–H groups in total. The van der Waals surface area contributed by atoms with Gasteiger partial charge in [-0.25, -0.2) is 0 Å². The number of hydrogen-bond donors (Lipinski definition) is 0. The van der Waals surface area contributed by atoms with Crippen molar-refractivity contribution in [3.63, 3.8) is 0 Å². The Morgan fingerprint density at radius 3 is 0.742 bits per heavy atom. The first kappa shape index (κ1) is 74.2. The van der Waals surface area contributed by atoms with Crippen LogP contribution < -0.4 is 9.80 Å². The Balaban J connectivity index is 0.000000140. The molecule has 0 atom stereocenters. The lowest BCUT2D eigenvalue weighted by atomic mass is 9.43. The molecule has 2 spiro atoms. The van der Waals surface area contributed by atoms with Gasteiger partial charge in [0.25, 0.3) is 0 Å². The van der Waals surface area contributed by atoms with E-state index in [-0.39, 0.29) is 10.8 Å². The van der Waals surface area contributed by atoms with Crippen molar-refractivity contribution in [2.24, 2.45) is 47.3 Å². The van der Waals surface area contributed by atoms with Gasteiger partial charge in [-0.2, -0.15) is 0 Å². The molecule has 0 radical (unpaired) electrons. The standard InChI is InChI=1S/C64H51N.C58H47N/c1-3-10-45(11-4-1)47-18-20-48(21-19-47)51-28-34-57(35-29-51)65(56-32-26-50(27-33-56)46-12-5-2-6-13-46)58-36-30-52(31-37-58)49-22-24-53(25-23-49)59-15-9-17-62-63(59)60-14-7-8-16-61(60)64(62)54-39-43-38-44(41-54)42-55(64)40-43;1-4-13-41(14-5-1)46-29-32-56(53(38-46)44-15-6-2-7-16-44)59(49-17-8-3-9-18-49)50-30-27-43(28-31-50)42-23-25-45(26-24-42)51-20-12-22-55-57(51)52-19-10-11-21-54(52)58(55)47-34-39-33-40(36-47)37-48(58)35-39/h1-37,43-44,54-55H,38-42H2;1-32,38-40,47-48H,33-37H2. The third kappa shape index (κ3) is 12.6. The van der Waals surface area contributed by atoms with Crippen molar-refractivity contribution in [2.75, 3.05) is 9.80 Å². The summed E-state index contributed by atoms with van der Waals surface area (Å²) in [7, 11) is 0. The van der Waals surface area contributed by atoms with Crippen LogP contribution >= 0.6 is 0 Å². The predicted molar refractivity (Wildman–Crippen MR) is 518 cm³/mol. The average molecular weight is 1590 g/mol. The molecule has 2 nitrogen and oxygen atoms in total. The van der Waals surface area contributed by atoms with Crippen molar-refractivity contribution in [1.29, 1.82) is 0 Å². The molecule has 596 valence electrons. The minimum atomic E-state index is 0.187. The first-order valence-electron chi connectivity index (χ1n) is 45.6. The van der Waals surface area contributed by atoms with Crippen LogP contribution in [0.1, 0.15) is 86.5 Å². The van der Waals surface area contributed by atoms with E-state index in [1.807, 2.05) is 0 Å². The highest BCUT2D eigenvalue weighted by Gasteiger charge is 2.63. The van der Waals surface area contributed by atoms with Gasteiger partial charge >= 0.3 is 0 Å². The zero-order valence-corrected chi connectivity index (χ0v) is 70.0. The van der Waals surface area contributed by atoms with Crippen LogP contribution in [0.3, 0.4) is 0 Å². The lowest BCUT2D eigenvalue weighted by Crippen LogP contribution is -2.55. The van der Waals surface area contributed by atoms with Crippen LogP contribution in [0.15, 0.2) is 425 Å². The van der Waals surface area contributed by atoms with E-state index in [4.69, 9.17) is 0 Å². The van der Waals surface area contributed by atoms with Crippen molar-refractivity contribution in [1.82, 2.24) is 0 Å². The van der Waals surface area contributed by atoms with Gasteiger partial charge in [0.15, 0.2) is 0 Å². The first-order valence-corrected chi connectivity index (χ1v) is 45.6. The first-order chi connectivity index (χ1) is 61.4. The predicted octanol–water partition coefficient (Wildman–Crippen LogP) is 32.8. The van der Waals surface area contributed by atoms with Gasteiger partial charge in [0, 0.05) is 44.8 Å². The fourth-order valence-corrected chi connectivity index (χ4v) is 25.7. The van der Waals surface area contributed by atoms with Gasteiger partial charge in [0.1, 0.15) is 0 Å². The Morgan fingerprint density at radius 2 is 0.395 bits per heavy atom. The van der Waals surface area contributed by atoms with Crippen molar-refractivity contribution < 1.29 is 0 Å². The summed E-state index contributed by atoms with van der Waals surface area (Å²) in [5, 5.41) is 0. The van der Waals surface area contributed by atoms with Crippen LogP contribution in [0.5, 0.6) is 0 Å². The molecule has 0 heterocycles. The number of anilines is 6. The number of hydrogen-bond acceptors (Lipinski definition) is 2. The zero-order valence-electron chi connectivity index (χ0n) is 70.0. The van der Waals surface area contributed by atoms with E-state index in [1.165, 1.54) is 187 Å². The molecule has 2 heteroatoms. The van der Waals surface area contributed by atoms with Crippen LogP contribution in [0.4, 0.5) is 34.1 Å². The molecule has 8 saturated carbocycles. The maximum absolute atomic E-state index is 2.51. The van der Waals surface area contributed by atoms with E-state index in [0.29, 0.717) is 0 Å². The Bertz CT molecular complexity index is 6720. The van der Waals surface area contributed by atoms with Crippen LogP contribution in [0.2, 0.25) is 0 Å². The fourth-order valence-electron chi connectivity index (χ4n) is 25.7. The summed E-state index contributed by atoms with van der Waals surface area (Å²) in [6.07, 6.45) is 14.3. The molecule has 0 saturated heterocycles. The zero-order chi connectivity index (χ0) is 81.8. The molecule has 10 aliphatic rings. The Hall–Kier alpha value is -13.7. The van der Waals surface area contributed by atoms with E-state index in [0.717, 1.165) is 81.5 Å². The molecule has 17 aromatic carbocycles. The molecule has 0 amide bonds. The van der Waals surface area contributed by atoms with Crippen molar-refractivity contribution in [3.05, 3.63) is 447 Å². The molecule has 0 aromatic heterocycles. The van der Waals surface area contributed by atoms with Gasteiger partial charge in [-0.15, -0.1) is 0 Å². The Labute approximate surface area is 730 Å². The maximum Gasteiger partial charge on any atom is 0.0540 e.